The van der Waals surface area contributed by atoms with Crippen LogP contribution < -0.4 is 10.6 Å². The number of nitrogens with one attached hydrogen (secondary N) is 2. The first-order valence-corrected chi connectivity index (χ1v) is 8.55. The van der Waals surface area contributed by atoms with Gasteiger partial charge in [-0.15, -0.1) is 0 Å². The first-order chi connectivity index (χ1) is 9.93. The van der Waals surface area contributed by atoms with Crippen LogP contribution in [0, 0.1) is 17.3 Å². The van der Waals surface area contributed by atoms with Crippen LogP contribution in [0.15, 0.2) is 0 Å². The van der Waals surface area contributed by atoms with Crippen molar-refractivity contribution in [2.24, 2.45) is 17.3 Å². The lowest BCUT2D eigenvalue weighted by Crippen LogP contribution is -2.51. The van der Waals surface area contributed by atoms with E-state index in [9.17, 15) is 4.79 Å². The summed E-state index contributed by atoms with van der Waals surface area (Å²) in [7, 11) is 0. The second kappa shape index (κ2) is 7.10. The fourth-order valence-corrected chi connectivity index (χ4v) is 3.91. The molecule has 0 aromatic heterocycles. The minimum atomic E-state index is -0.0347. The van der Waals surface area contributed by atoms with Gasteiger partial charge in [-0.1, -0.05) is 40.5 Å². The molecule has 1 aliphatic carbocycles. The van der Waals surface area contributed by atoms with Crippen molar-refractivity contribution in [3.05, 3.63) is 0 Å². The van der Waals surface area contributed by atoms with Crippen molar-refractivity contribution in [3.8, 4) is 0 Å². The van der Waals surface area contributed by atoms with Crippen molar-refractivity contribution < 1.29 is 9.53 Å². The predicted molar refractivity (Wildman–Crippen MR) is 85.1 cm³/mol. The Morgan fingerprint density at radius 2 is 1.86 bits per heavy atom. The first-order valence-electron chi connectivity index (χ1n) is 8.55. The Morgan fingerprint density at radius 1 is 1.14 bits per heavy atom. The topological polar surface area (TPSA) is 50.4 Å². The molecule has 0 bridgehead atoms. The van der Waals surface area contributed by atoms with Crippen LogP contribution >= 0.6 is 0 Å². The Kier molecular flexibility index (Phi) is 5.67. The summed E-state index contributed by atoms with van der Waals surface area (Å²) in [4.78, 5) is 12.6. The molecule has 4 unspecified atom stereocenters. The highest BCUT2D eigenvalue weighted by Gasteiger charge is 2.38. The van der Waals surface area contributed by atoms with Crippen LogP contribution in [0.5, 0.6) is 0 Å². The average molecular weight is 296 g/mol. The SMILES string of the molecule is CCNC1COCC1C(=O)NC1CCCCC1C(C)(C)C. The summed E-state index contributed by atoms with van der Waals surface area (Å²) in [5.41, 5.74) is 0.256. The van der Waals surface area contributed by atoms with Gasteiger partial charge in [-0.2, -0.15) is 0 Å². The molecule has 0 spiro atoms. The molecule has 1 heterocycles. The molecule has 2 N–H and O–H groups in total. The normalized spacial score (nSPS) is 33.9. The van der Waals surface area contributed by atoms with Gasteiger partial charge in [0.25, 0.3) is 0 Å². The average Bonchev–Trinajstić information content (AvgIpc) is 2.87. The largest absolute Gasteiger partial charge is 0.379 e. The van der Waals surface area contributed by atoms with E-state index in [2.05, 4.69) is 38.3 Å². The molecular formula is C17H32N2O2. The Balaban J connectivity index is 1.97. The van der Waals surface area contributed by atoms with Gasteiger partial charge >= 0.3 is 0 Å². The van der Waals surface area contributed by atoms with Gasteiger partial charge in [0.05, 0.1) is 19.1 Å². The van der Waals surface area contributed by atoms with E-state index in [1.54, 1.807) is 0 Å². The highest BCUT2D eigenvalue weighted by Crippen LogP contribution is 2.38. The molecule has 2 fully saturated rings. The number of rotatable bonds is 4. The van der Waals surface area contributed by atoms with Crippen molar-refractivity contribution >= 4 is 5.91 Å². The van der Waals surface area contributed by atoms with Gasteiger partial charge in [0.1, 0.15) is 0 Å². The maximum Gasteiger partial charge on any atom is 0.227 e. The van der Waals surface area contributed by atoms with Gasteiger partial charge in [0.2, 0.25) is 5.91 Å². The summed E-state index contributed by atoms with van der Waals surface area (Å²) in [5.74, 6) is 0.724. The van der Waals surface area contributed by atoms with Crippen LogP contribution in [0.1, 0.15) is 53.4 Å². The molecule has 4 atom stereocenters. The molecule has 1 amide bonds. The third kappa shape index (κ3) is 4.19. The van der Waals surface area contributed by atoms with E-state index in [0.29, 0.717) is 25.2 Å². The number of ether oxygens (including phenoxy) is 1. The summed E-state index contributed by atoms with van der Waals surface area (Å²) >= 11 is 0. The number of carbonyl (C=O) groups excluding carboxylic acids is 1. The highest BCUT2D eigenvalue weighted by molar-refractivity contribution is 5.80. The third-order valence-electron chi connectivity index (χ3n) is 5.09. The maximum atomic E-state index is 12.6. The monoisotopic (exact) mass is 296 g/mol. The van der Waals surface area contributed by atoms with Crippen LogP contribution in [0.3, 0.4) is 0 Å². The summed E-state index contributed by atoms with van der Waals surface area (Å²) in [6.45, 7) is 11.0. The summed E-state index contributed by atoms with van der Waals surface area (Å²) in [5, 5.41) is 6.72. The standard InChI is InChI=1S/C17H32N2O2/c1-5-18-15-11-21-10-12(15)16(20)19-14-9-7-6-8-13(14)17(2,3)4/h12-15,18H,5-11H2,1-4H3,(H,19,20). The number of hydrogen-bond acceptors (Lipinski definition) is 3. The fourth-order valence-electron chi connectivity index (χ4n) is 3.91. The van der Waals surface area contributed by atoms with E-state index in [1.165, 1.54) is 19.3 Å². The fraction of sp³-hybridized carbons (Fsp3) is 0.941. The molecular weight excluding hydrogens is 264 g/mol. The summed E-state index contributed by atoms with van der Waals surface area (Å²) in [6.07, 6.45) is 4.87. The van der Waals surface area contributed by atoms with Crippen LogP contribution in [0.2, 0.25) is 0 Å². The quantitative estimate of drug-likeness (QED) is 0.837. The van der Waals surface area contributed by atoms with Crippen molar-refractivity contribution in [1.82, 2.24) is 10.6 Å². The molecule has 0 aromatic rings. The predicted octanol–water partition coefficient (Wildman–Crippen LogP) is 2.33. The molecule has 4 nitrogen and oxygen atoms in total. The van der Waals surface area contributed by atoms with Crippen LogP contribution in [-0.2, 0) is 9.53 Å². The second-order valence-corrected chi connectivity index (χ2v) is 7.68. The van der Waals surface area contributed by atoms with Gasteiger partial charge in [-0.3, -0.25) is 4.79 Å². The minimum Gasteiger partial charge on any atom is -0.379 e. The zero-order chi connectivity index (χ0) is 15.5. The first kappa shape index (κ1) is 16.8. The van der Waals surface area contributed by atoms with Gasteiger partial charge in [-0.05, 0) is 30.7 Å². The van der Waals surface area contributed by atoms with Crippen molar-refractivity contribution in [3.63, 3.8) is 0 Å². The second-order valence-electron chi connectivity index (χ2n) is 7.68. The Bertz CT molecular complexity index is 351. The van der Waals surface area contributed by atoms with Gasteiger partial charge < -0.3 is 15.4 Å². The van der Waals surface area contributed by atoms with Crippen molar-refractivity contribution in [2.45, 2.75) is 65.5 Å². The van der Waals surface area contributed by atoms with E-state index in [1.807, 2.05) is 0 Å². The lowest BCUT2D eigenvalue weighted by molar-refractivity contribution is -0.127. The molecule has 1 aliphatic heterocycles. The van der Waals surface area contributed by atoms with Gasteiger partial charge in [-0.25, -0.2) is 0 Å². The summed E-state index contributed by atoms with van der Waals surface area (Å²) in [6, 6.07) is 0.501. The Labute approximate surface area is 129 Å². The molecule has 0 aromatic carbocycles. The van der Waals surface area contributed by atoms with Crippen LogP contribution in [-0.4, -0.2) is 37.7 Å². The number of hydrogen-bond donors (Lipinski definition) is 2. The number of amides is 1. The van der Waals surface area contributed by atoms with E-state index in [4.69, 9.17) is 4.74 Å². The van der Waals surface area contributed by atoms with Crippen molar-refractivity contribution in [1.29, 1.82) is 0 Å². The minimum absolute atomic E-state index is 0.0347. The molecule has 1 saturated heterocycles. The molecule has 4 heteroatoms. The molecule has 2 aliphatic rings. The van der Waals surface area contributed by atoms with E-state index >= 15 is 0 Å². The number of carbonyl (C=O) groups is 1. The lowest BCUT2D eigenvalue weighted by Gasteiger charge is -2.41. The van der Waals surface area contributed by atoms with E-state index < -0.39 is 0 Å². The zero-order valence-corrected chi connectivity index (χ0v) is 14.1. The molecule has 2 rings (SSSR count). The lowest BCUT2D eigenvalue weighted by atomic mass is 9.69. The Hall–Kier alpha value is -0.610. The molecule has 1 saturated carbocycles. The smallest absolute Gasteiger partial charge is 0.227 e. The van der Waals surface area contributed by atoms with Crippen molar-refractivity contribution in [2.75, 3.05) is 19.8 Å². The Morgan fingerprint density at radius 3 is 2.52 bits per heavy atom. The zero-order valence-electron chi connectivity index (χ0n) is 14.1. The number of likely N-dealkylation sites (N-methyl/N-ethyl adjacent to an activating group) is 1. The van der Waals surface area contributed by atoms with Crippen LogP contribution in [0.4, 0.5) is 0 Å². The third-order valence-corrected chi connectivity index (χ3v) is 5.09. The highest BCUT2D eigenvalue weighted by atomic mass is 16.5. The molecule has 0 radical (unpaired) electrons. The van der Waals surface area contributed by atoms with Gasteiger partial charge in [0, 0.05) is 12.1 Å². The maximum absolute atomic E-state index is 12.6. The molecule has 122 valence electrons. The van der Waals surface area contributed by atoms with E-state index in [0.717, 1.165) is 13.0 Å². The summed E-state index contributed by atoms with van der Waals surface area (Å²) < 4.78 is 5.50. The molecule has 21 heavy (non-hydrogen) atoms. The van der Waals surface area contributed by atoms with Crippen LogP contribution in [0.25, 0.3) is 0 Å². The van der Waals surface area contributed by atoms with Gasteiger partial charge in [0.15, 0.2) is 0 Å². The van der Waals surface area contributed by atoms with E-state index in [-0.39, 0.29) is 23.3 Å².